The molecule has 21 heavy (non-hydrogen) atoms. The largest absolute Gasteiger partial charge is 0.348 e. The summed E-state index contributed by atoms with van der Waals surface area (Å²) < 4.78 is 4.60. The van der Waals surface area contributed by atoms with Crippen LogP contribution in [0.5, 0.6) is 0 Å². The standard InChI is InChI=1S/C17H26N4/c1-3-8-21-13-18-9-15(21)11-20-10-14-6-5-7-17(19-4-2)16(14)12-20/h9-10,12-13,17,19H,3-8,11H2,1-2H3. The van der Waals surface area contributed by atoms with Crippen LogP contribution >= 0.6 is 0 Å². The Morgan fingerprint density at radius 2 is 2.24 bits per heavy atom. The van der Waals surface area contributed by atoms with Crippen LogP contribution in [0.3, 0.4) is 0 Å². The van der Waals surface area contributed by atoms with Gasteiger partial charge in [0.25, 0.3) is 0 Å². The van der Waals surface area contributed by atoms with Crippen molar-refractivity contribution in [1.82, 2.24) is 19.4 Å². The molecular weight excluding hydrogens is 260 g/mol. The predicted octanol–water partition coefficient (Wildman–Crippen LogP) is 3.13. The molecule has 1 unspecified atom stereocenters. The topological polar surface area (TPSA) is 34.8 Å². The van der Waals surface area contributed by atoms with Crippen LogP contribution in [0.15, 0.2) is 24.9 Å². The number of fused-ring (bicyclic) bond motifs is 1. The van der Waals surface area contributed by atoms with E-state index in [-0.39, 0.29) is 0 Å². The number of hydrogen-bond donors (Lipinski definition) is 1. The van der Waals surface area contributed by atoms with Crippen LogP contribution in [0.1, 0.15) is 56.0 Å². The molecule has 1 aliphatic carbocycles. The van der Waals surface area contributed by atoms with Crippen molar-refractivity contribution in [1.29, 1.82) is 0 Å². The zero-order valence-electron chi connectivity index (χ0n) is 13.2. The van der Waals surface area contributed by atoms with Gasteiger partial charge >= 0.3 is 0 Å². The van der Waals surface area contributed by atoms with Gasteiger partial charge in [-0.15, -0.1) is 0 Å². The minimum atomic E-state index is 0.542. The first kappa shape index (κ1) is 14.4. The van der Waals surface area contributed by atoms with Gasteiger partial charge < -0.3 is 14.5 Å². The normalized spacial score (nSPS) is 17.9. The van der Waals surface area contributed by atoms with E-state index in [9.17, 15) is 0 Å². The lowest BCUT2D eigenvalue weighted by Gasteiger charge is -2.22. The highest BCUT2D eigenvalue weighted by Crippen LogP contribution is 2.30. The molecule has 3 rings (SSSR count). The van der Waals surface area contributed by atoms with E-state index in [0.717, 1.165) is 26.1 Å². The summed E-state index contributed by atoms with van der Waals surface area (Å²) in [5.41, 5.74) is 4.32. The highest BCUT2D eigenvalue weighted by molar-refractivity contribution is 5.30. The van der Waals surface area contributed by atoms with E-state index in [1.807, 2.05) is 12.5 Å². The summed E-state index contributed by atoms with van der Waals surface area (Å²) in [4.78, 5) is 4.30. The van der Waals surface area contributed by atoms with Gasteiger partial charge in [0.15, 0.2) is 0 Å². The molecule has 0 aromatic carbocycles. The van der Waals surface area contributed by atoms with E-state index >= 15 is 0 Å². The van der Waals surface area contributed by atoms with Crippen LogP contribution in [0.2, 0.25) is 0 Å². The Bertz CT molecular complexity index is 581. The first-order valence-electron chi connectivity index (χ1n) is 8.22. The molecular formula is C17H26N4. The van der Waals surface area contributed by atoms with Crippen molar-refractivity contribution >= 4 is 0 Å². The third kappa shape index (κ3) is 3.05. The van der Waals surface area contributed by atoms with E-state index in [1.54, 1.807) is 0 Å². The molecule has 0 radical (unpaired) electrons. The molecule has 4 heteroatoms. The van der Waals surface area contributed by atoms with Crippen LogP contribution < -0.4 is 5.32 Å². The van der Waals surface area contributed by atoms with Crippen molar-refractivity contribution in [2.75, 3.05) is 6.54 Å². The zero-order valence-corrected chi connectivity index (χ0v) is 13.2. The predicted molar refractivity (Wildman–Crippen MR) is 85.4 cm³/mol. The molecule has 2 heterocycles. The highest BCUT2D eigenvalue weighted by atomic mass is 15.1. The van der Waals surface area contributed by atoms with E-state index in [0.29, 0.717) is 6.04 Å². The number of nitrogens with one attached hydrogen (secondary N) is 1. The van der Waals surface area contributed by atoms with Crippen molar-refractivity contribution in [3.05, 3.63) is 41.7 Å². The summed E-state index contributed by atoms with van der Waals surface area (Å²) in [5.74, 6) is 0. The Hall–Kier alpha value is -1.55. The van der Waals surface area contributed by atoms with Gasteiger partial charge in [0.2, 0.25) is 0 Å². The summed E-state index contributed by atoms with van der Waals surface area (Å²) in [6.45, 7) is 7.41. The number of nitrogens with zero attached hydrogens (tertiary/aromatic N) is 3. The average molecular weight is 286 g/mol. The molecule has 0 aliphatic heterocycles. The highest BCUT2D eigenvalue weighted by Gasteiger charge is 2.21. The third-order valence-corrected chi connectivity index (χ3v) is 4.37. The fourth-order valence-electron chi connectivity index (χ4n) is 3.41. The molecule has 2 aromatic rings. The maximum absolute atomic E-state index is 4.30. The second kappa shape index (κ2) is 6.48. The minimum absolute atomic E-state index is 0.542. The van der Waals surface area contributed by atoms with Gasteiger partial charge in [-0.1, -0.05) is 13.8 Å². The fourth-order valence-corrected chi connectivity index (χ4v) is 3.41. The van der Waals surface area contributed by atoms with Crippen LogP contribution in [-0.2, 0) is 19.5 Å². The summed E-state index contributed by atoms with van der Waals surface area (Å²) in [6.07, 6.45) is 13.5. The number of hydrogen-bond acceptors (Lipinski definition) is 2. The van der Waals surface area contributed by atoms with Crippen LogP contribution in [0, 0.1) is 0 Å². The summed E-state index contributed by atoms with van der Waals surface area (Å²) in [7, 11) is 0. The van der Waals surface area contributed by atoms with E-state index < -0.39 is 0 Å². The molecule has 114 valence electrons. The van der Waals surface area contributed by atoms with Crippen LogP contribution in [0.25, 0.3) is 0 Å². The van der Waals surface area contributed by atoms with Gasteiger partial charge in [0.1, 0.15) is 0 Å². The fraction of sp³-hybridized carbons (Fsp3) is 0.588. The Morgan fingerprint density at radius 3 is 3.05 bits per heavy atom. The van der Waals surface area contributed by atoms with Crippen LogP contribution in [-0.4, -0.2) is 20.7 Å². The summed E-state index contributed by atoms with van der Waals surface area (Å²) >= 11 is 0. The lowest BCUT2D eigenvalue weighted by molar-refractivity contribution is 0.473. The average Bonchev–Trinajstić information content (AvgIpc) is 3.07. The maximum atomic E-state index is 4.30. The number of imidazole rings is 1. The quantitative estimate of drug-likeness (QED) is 0.885. The number of aromatic nitrogens is 3. The molecule has 0 saturated carbocycles. The van der Waals surface area contributed by atoms with Crippen molar-refractivity contribution in [2.45, 2.75) is 58.7 Å². The molecule has 0 spiro atoms. The van der Waals surface area contributed by atoms with E-state index in [1.165, 1.54) is 36.1 Å². The summed E-state index contributed by atoms with van der Waals surface area (Å²) in [5, 5.41) is 3.61. The summed E-state index contributed by atoms with van der Waals surface area (Å²) in [6, 6.07) is 0.542. The first-order valence-corrected chi connectivity index (χ1v) is 8.22. The maximum Gasteiger partial charge on any atom is 0.0948 e. The Morgan fingerprint density at radius 1 is 1.33 bits per heavy atom. The van der Waals surface area contributed by atoms with Crippen molar-refractivity contribution in [3.8, 4) is 0 Å². The minimum Gasteiger partial charge on any atom is -0.348 e. The Balaban J connectivity index is 1.79. The van der Waals surface area contributed by atoms with Crippen molar-refractivity contribution < 1.29 is 0 Å². The Labute approximate surface area is 127 Å². The molecule has 2 aromatic heterocycles. The van der Waals surface area contributed by atoms with E-state index in [2.05, 4.69) is 45.7 Å². The molecule has 1 atom stereocenters. The van der Waals surface area contributed by atoms with Gasteiger partial charge in [0.05, 0.1) is 18.6 Å². The monoisotopic (exact) mass is 286 g/mol. The lowest BCUT2D eigenvalue weighted by atomic mass is 9.91. The molecule has 1 N–H and O–H groups in total. The molecule has 0 bridgehead atoms. The molecule has 0 fully saturated rings. The first-order chi connectivity index (χ1) is 10.3. The molecule has 1 aliphatic rings. The van der Waals surface area contributed by atoms with Crippen molar-refractivity contribution in [2.24, 2.45) is 0 Å². The second-order valence-corrected chi connectivity index (χ2v) is 5.99. The number of aryl methyl sites for hydroxylation is 2. The Kier molecular flexibility index (Phi) is 4.44. The lowest BCUT2D eigenvalue weighted by Crippen LogP contribution is -2.23. The SMILES string of the molecule is CCCn1cncc1Cn1cc2c(c1)C(NCC)CCC2. The van der Waals surface area contributed by atoms with Crippen molar-refractivity contribution in [3.63, 3.8) is 0 Å². The molecule has 0 saturated heterocycles. The van der Waals surface area contributed by atoms with Gasteiger partial charge in [-0.25, -0.2) is 4.98 Å². The van der Waals surface area contributed by atoms with E-state index in [4.69, 9.17) is 0 Å². The third-order valence-electron chi connectivity index (χ3n) is 4.37. The smallest absolute Gasteiger partial charge is 0.0948 e. The van der Waals surface area contributed by atoms with Crippen LogP contribution in [0.4, 0.5) is 0 Å². The number of rotatable bonds is 6. The van der Waals surface area contributed by atoms with Gasteiger partial charge in [-0.05, 0) is 43.4 Å². The molecule has 0 amide bonds. The van der Waals surface area contributed by atoms with Gasteiger partial charge in [-0.3, -0.25) is 0 Å². The zero-order chi connectivity index (χ0) is 14.7. The molecule has 4 nitrogen and oxygen atoms in total. The second-order valence-electron chi connectivity index (χ2n) is 5.99. The van der Waals surface area contributed by atoms with Gasteiger partial charge in [-0.2, -0.15) is 0 Å². The van der Waals surface area contributed by atoms with Gasteiger partial charge in [0, 0.05) is 31.2 Å².